The average molecular weight is 501 g/mol. The number of halogens is 4. The number of unbranched alkanes of at least 4 members (excludes halogenated alkanes) is 3. The van der Waals surface area contributed by atoms with Crippen LogP contribution >= 0.6 is 0 Å². The highest BCUT2D eigenvalue weighted by atomic mass is 28.3. The summed E-state index contributed by atoms with van der Waals surface area (Å²) in [7, 11) is -0.401. The molecule has 2 fully saturated rings. The predicted octanol–water partition coefficient (Wildman–Crippen LogP) is 9.11. The van der Waals surface area contributed by atoms with Crippen molar-refractivity contribution in [1.29, 1.82) is 0 Å². The Hall–Kier alpha value is -1.04. The molecule has 0 unspecified atom stereocenters. The average Bonchev–Trinajstić information content (AvgIpc) is 2.82. The Morgan fingerprint density at radius 2 is 1.62 bits per heavy atom. The summed E-state index contributed by atoms with van der Waals surface area (Å²) in [5.74, 6) is 1.78. The number of rotatable bonds is 12. The summed E-state index contributed by atoms with van der Waals surface area (Å²) in [5, 5.41) is 0. The molecule has 0 bridgehead atoms. The largest absolute Gasteiger partial charge is 0.481 e. The third-order valence-electron chi connectivity index (χ3n) is 8.38. The van der Waals surface area contributed by atoms with Crippen molar-refractivity contribution in [3.05, 3.63) is 29.6 Å². The van der Waals surface area contributed by atoms with Crippen molar-refractivity contribution >= 4 is 8.80 Å². The molecule has 2 aliphatic rings. The van der Waals surface area contributed by atoms with E-state index in [1.54, 1.807) is 24.2 Å². The van der Waals surface area contributed by atoms with Gasteiger partial charge in [0.25, 0.3) is 0 Å². The van der Waals surface area contributed by atoms with Crippen LogP contribution in [0.4, 0.5) is 17.6 Å². The Morgan fingerprint density at radius 1 is 0.912 bits per heavy atom. The molecular weight excluding hydrogens is 456 g/mol. The van der Waals surface area contributed by atoms with Crippen LogP contribution in [0.1, 0.15) is 89.5 Å². The van der Waals surface area contributed by atoms with Crippen LogP contribution in [0.15, 0.2) is 18.2 Å². The number of alkyl halides is 3. The zero-order valence-corrected chi connectivity index (χ0v) is 22.1. The van der Waals surface area contributed by atoms with E-state index in [2.05, 4.69) is 11.7 Å². The van der Waals surface area contributed by atoms with E-state index in [4.69, 9.17) is 0 Å². The summed E-state index contributed by atoms with van der Waals surface area (Å²) >= 11 is 0. The first-order valence-corrected chi connectivity index (χ1v) is 16.3. The molecule has 0 spiro atoms. The SMILES string of the molecule is CCCCC[SiH]1CCC([C@H]2CC[C@H](CCCCc3ccc(OCC(F)(F)F)c(F)c3)CC2)CC1. The maximum absolute atomic E-state index is 14.0. The van der Waals surface area contributed by atoms with Gasteiger partial charge in [0.05, 0.1) is 0 Å². The van der Waals surface area contributed by atoms with E-state index >= 15 is 0 Å². The van der Waals surface area contributed by atoms with Crippen LogP contribution < -0.4 is 4.74 Å². The number of hydrogen-bond acceptors (Lipinski definition) is 1. The normalized spacial score (nSPS) is 25.9. The fourth-order valence-electron chi connectivity index (χ4n) is 6.32. The molecule has 34 heavy (non-hydrogen) atoms. The van der Waals surface area contributed by atoms with Gasteiger partial charge in [-0.3, -0.25) is 0 Å². The second-order valence-electron chi connectivity index (χ2n) is 11.0. The van der Waals surface area contributed by atoms with Crippen LogP contribution in [0.3, 0.4) is 0 Å². The van der Waals surface area contributed by atoms with Crippen molar-refractivity contribution in [3.63, 3.8) is 0 Å². The third kappa shape index (κ3) is 9.54. The van der Waals surface area contributed by atoms with Crippen LogP contribution in [0.25, 0.3) is 0 Å². The van der Waals surface area contributed by atoms with Gasteiger partial charge in [-0.25, -0.2) is 4.39 Å². The molecule has 1 nitrogen and oxygen atoms in total. The fraction of sp³-hybridized carbons (Fsp3) is 0.786. The van der Waals surface area contributed by atoms with E-state index in [1.807, 2.05) is 0 Å². The second kappa shape index (κ2) is 13.9. The molecule has 1 saturated heterocycles. The molecule has 0 radical (unpaired) electrons. The van der Waals surface area contributed by atoms with Crippen LogP contribution in [0.2, 0.25) is 18.1 Å². The molecule has 6 heteroatoms. The quantitative estimate of drug-likeness (QED) is 0.158. The number of ether oxygens (including phenoxy) is 1. The zero-order valence-electron chi connectivity index (χ0n) is 21.0. The minimum absolute atomic E-state index is 0.329. The molecule has 1 aromatic rings. The Bertz CT molecular complexity index is 707. The van der Waals surface area contributed by atoms with Gasteiger partial charge >= 0.3 is 6.18 Å². The lowest BCUT2D eigenvalue weighted by molar-refractivity contribution is -0.153. The van der Waals surface area contributed by atoms with Crippen LogP contribution in [-0.4, -0.2) is 21.6 Å². The Morgan fingerprint density at radius 3 is 2.26 bits per heavy atom. The summed E-state index contributed by atoms with van der Waals surface area (Å²) in [6.07, 6.45) is 12.6. The van der Waals surface area contributed by atoms with Crippen LogP contribution in [-0.2, 0) is 6.42 Å². The van der Waals surface area contributed by atoms with E-state index < -0.39 is 27.4 Å². The highest BCUT2D eigenvalue weighted by molar-refractivity contribution is 6.58. The minimum atomic E-state index is -4.46. The van der Waals surface area contributed by atoms with Crippen molar-refractivity contribution in [3.8, 4) is 5.75 Å². The van der Waals surface area contributed by atoms with Crippen molar-refractivity contribution in [1.82, 2.24) is 0 Å². The van der Waals surface area contributed by atoms with Crippen molar-refractivity contribution in [2.75, 3.05) is 6.61 Å². The highest BCUT2D eigenvalue weighted by Gasteiger charge is 2.31. The fourth-order valence-corrected chi connectivity index (χ4v) is 9.85. The Labute approximate surface area is 205 Å². The summed E-state index contributed by atoms with van der Waals surface area (Å²) in [5.41, 5.74) is 0.828. The van der Waals surface area contributed by atoms with Gasteiger partial charge in [-0.05, 0) is 61.1 Å². The molecule has 3 rings (SSSR count). The van der Waals surface area contributed by atoms with Gasteiger partial charge in [-0.2, -0.15) is 13.2 Å². The first-order chi connectivity index (χ1) is 16.3. The smallest absolute Gasteiger partial charge is 0.422 e. The van der Waals surface area contributed by atoms with E-state index in [9.17, 15) is 17.6 Å². The minimum Gasteiger partial charge on any atom is -0.481 e. The standard InChI is InChI=1S/C28H44F4OSi/c1-2-3-6-17-34-18-15-25(16-19-34)24-12-9-22(10-13-24)7-4-5-8-23-11-14-27(26(29)20-23)33-21-28(30,31)32/h11,14,20,22,24-25,34H,2-10,12-13,15-19,21H2,1H3/t22-,24-,25?,34?. The van der Waals surface area contributed by atoms with Gasteiger partial charge < -0.3 is 4.74 Å². The van der Waals surface area contributed by atoms with Gasteiger partial charge in [-0.15, -0.1) is 0 Å². The van der Waals surface area contributed by atoms with E-state index in [1.165, 1.54) is 76.3 Å². The van der Waals surface area contributed by atoms with Gasteiger partial charge in [0.2, 0.25) is 0 Å². The first kappa shape index (κ1) is 27.5. The van der Waals surface area contributed by atoms with E-state index in [-0.39, 0.29) is 5.75 Å². The van der Waals surface area contributed by atoms with E-state index in [0.717, 1.165) is 42.6 Å². The predicted molar refractivity (Wildman–Crippen MR) is 135 cm³/mol. The molecule has 1 aliphatic heterocycles. The van der Waals surface area contributed by atoms with Crippen molar-refractivity contribution in [2.45, 2.75) is 115 Å². The Kier molecular flexibility index (Phi) is 11.3. The summed E-state index contributed by atoms with van der Waals surface area (Å²) in [6.45, 7) is 0.839. The molecule has 1 aliphatic carbocycles. The highest BCUT2D eigenvalue weighted by Crippen LogP contribution is 2.42. The number of benzene rings is 1. The lowest BCUT2D eigenvalue weighted by Gasteiger charge is -2.37. The first-order valence-electron chi connectivity index (χ1n) is 13.8. The number of hydrogen-bond donors (Lipinski definition) is 0. The molecule has 0 N–H and O–H groups in total. The van der Waals surface area contributed by atoms with Crippen molar-refractivity contribution in [2.24, 2.45) is 17.8 Å². The summed E-state index contributed by atoms with van der Waals surface area (Å²) in [6, 6.07) is 9.11. The molecule has 0 atom stereocenters. The molecule has 0 aromatic heterocycles. The topological polar surface area (TPSA) is 9.23 Å². The van der Waals surface area contributed by atoms with E-state index in [0.29, 0.717) is 0 Å². The van der Waals surface area contributed by atoms with Crippen molar-refractivity contribution < 1.29 is 22.3 Å². The molecule has 1 saturated carbocycles. The Balaban J connectivity index is 1.27. The summed E-state index contributed by atoms with van der Waals surface area (Å²) < 4.78 is 55.3. The second-order valence-corrected chi connectivity index (χ2v) is 14.4. The summed E-state index contributed by atoms with van der Waals surface area (Å²) in [4.78, 5) is 0. The molecule has 1 heterocycles. The zero-order chi connectivity index (χ0) is 24.4. The third-order valence-corrected chi connectivity index (χ3v) is 11.9. The van der Waals surface area contributed by atoms with Crippen LogP contribution in [0, 0.1) is 23.6 Å². The van der Waals surface area contributed by atoms with Gasteiger partial charge in [0.1, 0.15) is 0 Å². The van der Waals surface area contributed by atoms with Gasteiger partial charge in [0, 0.05) is 8.80 Å². The molecule has 194 valence electrons. The van der Waals surface area contributed by atoms with Crippen LogP contribution in [0.5, 0.6) is 5.75 Å². The maximum Gasteiger partial charge on any atom is 0.422 e. The molecular formula is C28H44F4OSi. The number of aryl methyl sites for hydroxylation is 1. The monoisotopic (exact) mass is 500 g/mol. The molecule has 1 aromatic carbocycles. The maximum atomic E-state index is 14.0. The van der Waals surface area contributed by atoms with Gasteiger partial charge in [0.15, 0.2) is 18.2 Å². The lowest BCUT2D eigenvalue weighted by Crippen LogP contribution is -2.28. The van der Waals surface area contributed by atoms with Gasteiger partial charge in [-0.1, -0.05) is 88.9 Å². The lowest BCUT2D eigenvalue weighted by atomic mass is 9.73. The molecule has 0 amide bonds.